The Morgan fingerprint density at radius 1 is 1.19 bits per heavy atom. The molecule has 1 fully saturated rings. The van der Waals surface area contributed by atoms with Crippen molar-refractivity contribution in [1.82, 2.24) is 9.80 Å². The maximum Gasteiger partial charge on any atom is 0.147 e. The minimum atomic E-state index is -0.489. The third-order valence-electron chi connectivity index (χ3n) is 3.58. The summed E-state index contributed by atoms with van der Waals surface area (Å²) in [5.41, 5.74) is 1.02. The zero-order chi connectivity index (χ0) is 12.1. The molecule has 0 radical (unpaired) electrons. The van der Waals surface area contributed by atoms with Gasteiger partial charge in [-0.1, -0.05) is 25.3 Å². The lowest BCUT2D eigenvalue weighted by Crippen LogP contribution is -2.41. The van der Waals surface area contributed by atoms with E-state index in [1.807, 2.05) is 32.0 Å². The van der Waals surface area contributed by atoms with E-state index in [1.165, 1.54) is 32.1 Å². The molecule has 94 valence electrons. The SMILES string of the molecule is CC=C(C(O)N(C)C)N(C)C1CCCCC1. The summed E-state index contributed by atoms with van der Waals surface area (Å²) in [5.74, 6) is 0. The van der Waals surface area contributed by atoms with Gasteiger partial charge in [0, 0.05) is 13.1 Å². The van der Waals surface area contributed by atoms with Gasteiger partial charge in [0.1, 0.15) is 6.23 Å². The van der Waals surface area contributed by atoms with Crippen LogP contribution in [0, 0.1) is 0 Å². The fraction of sp³-hybridized carbons (Fsp3) is 0.846. The summed E-state index contributed by atoms with van der Waals surface area (Å²) in [6.07, 6.45) is 8.07. The monoisotopic (exact) mass is 226 g/mol. The molecule has 1 unspecified atom stereocenters. The molecular weight excluding hydrogens is 200 g/mol. The van der Waals surface area contributed by atoms with Gasteiger partial charge in [0.05, 0.1) is 5.70 Å². The fourth-order valence-electron chi connectivity index (χ4n) is 2.48. The van der Waals surface area contributed by atoms with Crippen LogP contribution in [0.1, 0.15) is 39.0 Å². The van der Waals surface area contributed by atoms with Crippen molar-refractivity contribution in [2.24, 2.45) is 0 Å². The zero-order valence-electron chi connectivity index (χ0n) is 11.1. The maximum absolute atomic E-state index is 10.1. The molecule has 0 amide bonds. The Labute approximate surface area is 99.7 Å². The highest BCUT2D eigenvalue weighted by Gasteiger charge is 2.23. The number of aliphatic hydroxyl groups is 1. The predicted molar refractivity (Wildman–Crippen MR) is 68.1 cm³/mol. The average molecular weight is 226 g/mol. The van der Waals surface area contributed by atoms with E-state index < -0.39 is 6.23 Å². The zero-order valence-corrected chi connectivity index (χ0v) is 11.1. The molecule has 3 nitrogen and oxygen atoms in total. The maximum atomic E-state index is 10.1. The molecule has 0 aromatic heterocycles. The van der Waals surface area contributed by atoms with Crippen LogP contribution in [0.5, 0.6) is 0 Å². The van der Waals surface area contributed by atoms with Gasteiger partial charge in [0.25, 0.3) is 0 Å². The molecule has 1 rings (SSSR count). The molecule has 0 saturated heterocycles. The van der Waals surface area contributed by atoms with Gasteiger partial charge in [-0.3, -0.25) is 4.90 Å². The van der Waals surface area contributed by atoms with Crippen LogP contribution in [0.4, 0.5) is 0 Å². The van der Waals surface area contributed by atoms with Gasteiger partial charge in [-0.2, -0.15) is 0 Å². The Balaban J connectivity index is 2.65. The molecule has 1 saturated carbocycles. The number of nitrogens with zero attached hydrogens (tertiary/aromatic N) is 2. The van der Waals surface area contributed by atoms with E-state index in [0.29, 0.717) is 6.04 Å². The molecule has 3 heteroatoms. The molecule has 1 aliphatic carbocycles. The van der Waals surface area contributed by atoms with Crippen LogP contribution in [0.15, 0.2) is 11.8 Å². The van der Waals surface area contributed by atoms with Gasteiger partial charge in [0.15, 0.2) is 0 Å². The number of hydrogen-bond acceptors (Lipinski definition) is 3. The van der Waals surface area contributed by atoms with Crippen molar-refractivity contribution in [3.05, 3.63) is 11.8 Å². The second kappa shape index (κ2) is 6.26. The van der Waals surface area contributed by atoms with Crippen LogP contribution in [0.25, 0.3) is 0 Å². The lowest BCUT2D eigenvalue weighted by atomic mass is 9.94. The smallest absolute Gasteiger partial charge is 0.147 e. The lowest BCUT2D eigenvalue weighted by Gasteiger charge is -2.37. The minimum absolute atomic E-state index is 0.489. The molecule has 0 heterocycles. The van der Waals surface area contributed by atoms with E-state index >= 15 is 0 Å². The van der Waals surface area contributed by atoms with Crippen LogP contribution in [0.3, 0.4) is 0 Å². The van der Waals surface area contributed by atoms with Crippen molar-refractivity contribution in [3.8, 4) is 0 Å². The fourth-order valence-corrected chi connectivity index (χ4v) is 2.48. The Morgan fingerprint density at radius 3 is 2.19 bits per heavy atom. The first-order valence-electron chi connectivity index (χ1n) is 6.31. The highest BCUT2D eigenvalue weighted by Crippen LogP contribution is 2.25. The van der Waals surface area contributed by atoms with Crippen LogP contribution >= 0.6 is 0 Å². The van der Waals surface area contributed by atoms with E-state index in [9.17, 15) is 5.11 Å². The van der Waals surface area contributed by atoms with E-state index in [4.69, 9.17) is 0 Å². The van der Waals surface area contributed by atoms with Gasteiger partial charge < -0.3 is 10.0 Å². The van der Waals surface area contributed by atoms with Crippen molar-refractivity contribution in [2.75, 3.05) is 21.1 Å². The topological polar surface area (TPSA) is 26.7 Å². The Morgan fingerprint density at radius 2 is 1.75 bits per heavy atom. The van der Waals surface area contributed by atoms with Crippen LogP contribution < -0.4 is 0 Å². The first-order valence-corrected chi connectivity index (χ1v) is 6.31. The third-order valence-corrected chi connectivity index (χ3v) is 3.58. The Hall–Kier alpha value is -0.540. The Bertz CT molecular complexity index is 232. The van der Waals surface area contributed by atoms with Gasteiger partial charge in [-0.15, -0.1) is 0 Å². The van der Waals surface area contributed by atoms with Crippen molar-refractivity contribution >= 4 is 0 Å². The van der Waals surface area contributed by atoms with E-state index in [2.05, 4.69) is 11.9 Å². The van der Waals surface area contributed by atoms with Gasteiger partial charge in [0.2, 0.25) is 0 Å². The third kappa shape index (κ3) is 3.22. The second-order valence-electron chi connectivity index (χ2n) is 4.95. The van der Waals surface area contributed by atoms with Crippen molar-refractivity contribution < 1.29 is 5.11 Å². The largest absolute Gasteiger partial charge is 0.373 e. The molecule has 0 aromatic rings. The number of allylic oxidation sites excluding steroid dienone is 1. The standard InChI is InChI=1S/C13H26N2O/c1-5-12(13(16)14(2)3)15(4)11-9-7-6-8-10-11/h5,11,13,16H,6-10H2,1-4H3. The number of rotatable bonds is 4. The molecular formula is C13H26N2O. The van der Waals surface area contributed by atoms with Crippen molar-refractivity contribution in [2.45, 2.75) is 51.3 Å². The summed E-state index contributed by atoms with van der Waals surface area (Å²) >= 11 is 0. The normalized spacial score (nSPS) is 21.2. The van der Waals surface area contributed by atoms with Crippen molar-refractivity contribution in [1.29, 1.82) is 0 Å². The molecule has 0 bridgehead atoms. The summed E-state index contributed by atoms with van der Waals surface area (Å²) in [7, 11) is 5.92. The quantitative estimate of drug-likeness (QED) is 0.743. The molecule has 1 atom stereocenters. The van der Waals surface area contributed by atoms with E-state index in [0.717, 1.165) is 5.70 Å². The second-order valence-corrected chi connectivity index (χ2v) is 4.95. The van der Waals surface area contributed by atoms with Crippen molar-refractivity contribution in [3.63, 3.8) is 0 Å². The van der Waals surface area contributed by atoms with E-state index in [1.54, 1.807) is 0 Å². The summed E-state index contributed by atoms with van der Waals surface area (Å²) < 4.78 is 0. The van der Waals surface area contributed by atoms with Gasteiger partial charge in [-0.05, 0) is 33.9 Å². The van der Waals surface area contributed by atoms with Crippen LogP contribution in [-0.2, 0) is 0 Å². The molecule has 1 N–H and O–H groups in total. The average Bonchev–Trinajstić information content (AvgIpc) is 2.30. The first kappa shape index (κ1) is 13.5. The van der Waals surface area contributed by atoms with Crippen LogP contribution in [-0.4, -0.2) is 48.3 Å². The molecule has 0 spiro atoms. The first-order chi connectivity index (χ1) is 7.57. The minimum Gasteiger partial charge on any atom is -0.373 e. The number of likely N-dealkylation sites (N-methyl/N-ethyl adjacent to an activating group) is 2. The highest BCUT2D eigenvalue weighted by molar-refractivity contribution is 5.06. The molecule has 16 heavy (non-hydrogen) atoms. The summed E-state index contributed by atoms with van der Waals surface area (Å²) in [6.45, 7) is 2.00. The van der Waals surface area contributed by atoms with E-state index in [-0.39, 0.29) is 0 Å². The number of hydrogen-bond donors (Lipinski definition) is 1. The summed E-state index contributed by atoms with van der Waals surface area (Å²) in [6, 6.07) is 0.606. The molecule has 0 aliphatic heterocycles. The summed E-state index contributed by atoms with van der Waals surface area (Å²) in [5, 5.41) is 10.1. The highest BCUT2D eigenvalue weighted by atomic mass is 16.3. The predicted octanol–water partition coefficient (Wildman–Crippen LogP) is 2.03. The lowest BCUT2D eigenvalue weighted by molar-refractivity contribution is 0.0392. The van der Waals surface area contributed by atoms with Crippen LogP contribution in [0.2, 0.25) is 0 Å². The Kier molecular flexibility index (Phi) is 5.29. The van der Waals surface area contributed by atoms with Gasteiger partial charge >= 0.3 is 0 Å². The summed E-state index contributed by atoms with van der Waals surface area (Å²) in [4.78, 5) is 4.11. The number of aliphatic hydroxyl groups excluding tert-OH is 1. The van der Waals surface area contributed by atoms with Gasteiger partial charge in [-0.25, -0.2) is 0 Å². The molecule has 0 aromatic carbocycles. The molecule has 1 aliphatic rings.